The van der Waals surface area contributed by atoms with Crippen LogP contribution in [0.2, 0.25) is 0 Å². The Morgan fingerprint density at radius 1 is 1.12 bits per heavy atom. The highest BCUT2D eigenvalue weighted by Gasteiger charge is 2.01. The third kappa shape index (κ3) is 3.41. The predicted molar refractivity (Wildman–Crippen MR) is 64.6 cm³/mol. The molecule has 0 atom stereocenters. The number of hydrogen-bond acceptors (Lipinski definition) is 5. The molecule has 1 aromatic heterocycles. The second kappa shape index (κ2) is 5.25. The van der Waals surface area contributed by atoms with Crippen LogP contribution in [0, 0.1) is 6.92 Å². The molecule has 0 aliphatic carbocycles. The molecule has 17 heavy (non-hydrogen) atoms. The summed E-state index contributed by atoms with van der Waals surface area (Å²) in [7, 11) is 0. The van der Waals surface area contributed by atoms with Gasteiger partial charge in [0, 0.05) is 6.42 Å². The fourth-order valence-corrected chi connectivity index (χ4v) is 1.45. The Balaban J connectivity index is 1.90. The number of aryl methyl sites for hydroxylation is 1. The first-order valence-corrected chi connectivity index (χ1v) is 5.39. The number of nitrogen functional groups attached to an aromatic ring is 1. The monoisotopic (exact) mass is 230 g/mol. The molecule has 2 aromatic rings. The molecule has 0 saturated carbocycles. The third-order valence-electron chi connectivity index (χ3n) is 2.15. The van der Waals surface area contributed by atoms with Crippen molar-refractivity contribution in [1.82, 2.24) is 15.0 Å². The lowest BCUT2D eigenvalue weighted by atomic mass is 10.3. The van der Waals surface area contributed by atoms with Gasteiger partial charge in [0.05, 0.1) is 6.61 Å². The Morgan fingerprint density at radius 3 is 2.59 bits per heavy atom. The molecule has 88 valence electrons. The van der Waals surface area contributed by atoms with Crippen molar-refractivity contribution in [3.05, 3.63) is 42.0 Å². The van der Waals surface area contributed by atoms with E-state index >= 15 is 0 Å². The summed E-state index contributed by atoms with van der Waals surface area (Å²) in [5, 5.41) is 0. The SMILES string of the molecule is Cc1nc(N)nc(CCOc2ccccc2)n1. The minimum atomic E-state index is 0.257. The summed E-state index contributed by atoms with van der Waals surface area (Å²) in [4.78, 5) is 12.1. The molecular formula is C12H14N4O. The molecule has 2 rings (SSSR count). The van der Waals surface area contributed by atoms with Crippen molar-refractivity contribution < 1.29 is 4.74 Å². The number of anilines is 1. The number of ether oxygens (including phenoxy) is 1. The molecule has 2 N–H and O–H groups in total. The Hall–Kier alpha value is -2.17. The Kier molecular flexibility index (Phi) is 3.49. The van der Waals surface area contributed by atoms with Crippen LogP contribution < -0.4 is 10.5 Å². The molecule has 0 saturated heterocycles. The summed E-state index contributed by atoms with van der Waals surface area (Å²) in [5.74, 6) is 2.39. The normalized spacial score (nSPS) is 10.2. The maximum Gasteiger partial charge on any atom is 0.223 e. The molecule has 1 heterocycles. The van der Waals surface area contributed by atoms with Gasteiger partial charge in [0.1, 0.15) is 17.4 Å². The van der Waals surface area contributed by atoms with Crippen LogP contribution >= 0.6 is 0 Å². The fraction of sp³-hybridized carbons (Fsp3) is 0.250. The van der Waals surface area contributed by atoms with Gasteiger partial charge in [-0.3, -0.25) is 0 Å². The Labute approximate surface area is 99.7 Å². The number of benzene rings is 1. The maximum atomic E-state index is 5.55. The number of para-hydroxylation sites is 1. The zero-order chi connectivity index (χ0) is 12.1. The topological polar surface area (TPSA) is 73.9 Å². The van der Waals surface area contributed by atoms with Crippen molar-refractivity contribution in [2.24, 2.45) is 0 Å². The maximum absolute atomic E-state index is 5.55. The van der Waals surface area contributed by atoms with Crippen LogP contribution in [0.25, 0.3) is 0 Å². The van der Waals surface area contributed by atoms with Gasteiger partial charge in [-0.1, -0.05) is 18.2 Å². The summed E-state index contributed by atoms with van der Waals surface area (Å²) in [6.07, 6.45) is 0.614. The summed E-state index contributed by atoms with van der Waals surface area (Å²) in [6, 6.07) is 9.63. The van der Waals surface area contributed by atoms with Gasteiger partial charge in [0.25, 0.3) is 0 Å². The first kappa shape index (κ1) is 11.3. The highest BCUT2D eigenvalue weighted by Crippen LogP contribution is 2.08. The van der Waals surface area contributed by atoms with Crippen LogP contribution in [-0.4, -0.2) is 21.6 Å². The Morgan fingerprint density at radius 2 is 1.88 bits per heavy atom. The van der Waals surface area contributed by atoms with Crippen molar-refractivity contribution >= 4 is 5.95 Å². The predicted octanol–water partition coefficient (Wildman–Crippen LogP) is 1.38. The fourth-order valence-electron chi connectivity index (χ4n) is 1.45. The Bertz CT molecular complexity index is 467. The average Bonchev–Trinajstić information content (AvgIpc) is 2.29. The lowest BCUT2D eigenvalue weighted by Crippen LogP contribution is -2.09. The van der Waals surface area contributed by atoms with Crippen LogP contribution in [0.15, 0.2) is 30.3 Å². The van der Waals surface area contributed by atoms with Gasteiger partial charge in [0.15, 0.2) is 0 Å². The highest BCUT2D eigenvalue weighted by atomic mass is 16.5. The van der Waals surface area contributed by atoms with E-state index < -0.39 is 0 Å². The van der Waals surface area contributed by atoms with Crippen molar-refractivity contribution in [3.8, 4) is 5.75 Å². The molecule has 1 aromatic carbocycles. The van der Waals surface area contributed by atoms with E-state index in [-0.39, 0.29) is 5.95 Å². The first-order chi connectivity index (χ1) is 8.24. The van der Waals surface area contributed by atoms with Gasteiger partial charge in [-0.2, -0.15) is 9.97 Å². The van der Waals surface area contributed by atoms with Crippen molar-refractivity contribution in [3.63, 3.8) is 0 Å². The summed E-state index contributed by atoms with van der Waals surface area (Å²) < 4.78 is 5.55. The highest BCUT2D eigenvalue weighted by molar-refractivity contribution is 5.21. The van der Waals surface area contributed by atoms with Gasteiger partial charge < -0.3 is 10.5 Å². The van der Waals surface area contributed by atoms with Crippen LogP contribution in [0.5, 0.6) is 5.75 Å². The van der Waals surface area contributed by atoms with Gasteiger partial charge in [-0.15, -0.1) is 0 Å². The lowest BCUT2D eigenvalue weighted by molar-refractivity contribution is 0.318. The number of nitrogens with two attached hydrogens (primary N) is 1. The molecule has 0 unspecified atom stereocenters. The standard InChI is InChI=1S/C12H14N4O/c1-9-14-11(16-12(13)15-9)7-8-17-10-5-3-2-4-6-10/h2-6H,7-8H2,1H3,(H2,13,14,15,16). The van der Waals surface area contributed by atoms with Crippen molar-refractivity contribution in [2.75, 3.05) is 12.3 Å². The molecule has 5 nitrogen and oxygen atoms in total. The molecule has 0 aliphatic heterocycles. The van der Waals surface area contributed by atoms with Crippen LogP contribution in [0.1, 0.15) is 11.6 Å². The van der Waals surface area contributed by atoms with E-state index in [9.17, 15) is 0 Å². The summed E-state index contributed by atoms with van der Waals surface area (Å²) in [6.45, 7) is 2.31. The van der Waals surface area contributed by atoms with Crippen molar-refractivity contribution in [1.29, 1.82) is 0 Å². The van der Waals surface area contributed by atoms with E-state index in [0.29, 0.717) is 24.7 Å². The molecule has 0 bridgehead atoms. The van der Waals surface area contributed by atoms with E-state index in [1.165, 1.54) is 0 Å². The van der Waals surface area contributed by atoms with Crippen LogP contribution in [0.4, 0.5) is 5.95 Å². The van der Waals surface area contributed by atoms with E-state index in [0.717, 1.165) is 5.75 Å². The minimum Gasteiger partial charge on any atom is -0.493 e. The summed E-state index contributed by atoms with van der Waals surface area (Å²) >= 11 is 0. The molecule has 0 radical (unpaired) electrons. The molecule has 0 spiro atoms. The largest absolute Gasteiger partial charge is 0.493 e. The minimum absolute atomic E-state index is 0.257. The van der Waals surface area contributed by atoms with E-state index in [2.05, 4.69) is 15.0 Å². The van der Waals surface area contributed by atoms with Crippen LogP contribution in [0.3, 0.4) is 0 Å². The zero-order valence-corrected chi connectivity index (χ0v) is 9.63. The molecule has 5 heteroatoms. The lowest BCUT2D eigenvalue weighted by Gasteiger charge is -2.05. The molecule has 0 amide bonds. The average molecular weight is 230 g/mol. The van der Waals surface area contributed by atoms with E-state index in [1.807, 2.05) is 30.3 Å². The number of aromatic nitrogens is 3. The quantitative estimate of drug-likeness (QED) is 0.859. The smallest absolute Gasteiger partial charge is 0.223 e. The van der Waals surface area contributed by atoms with Gasteiger partial charge in [-0.05, 0) is 19.1 Å². The number of hydrogen-bond donors (Lipinski definition) is 1. The second-order valence-corrected chi connectivity index (χ2v) is 3.57. The zero-order valence-electron chi connectivity index (χ0n) is 9.63. The molecular weight excluding hydrogens is 216 g/mol. The van der Waals surface area contributed by atoms with Gasteiger partial charge >= 0.3 is 0 Å². The second-order valence-electron chi connectivity index (χ2n) is 3.57. The van der Waals surface area contributed by atoms with Gasteiger partial charge in [0.2, 0.25) is 5.95 Å². The molecule has 0 aliphatic rings. The number of nitrogens with zero attached hydrogens (tertiary/aromatic N) is 3. The molecule has 0 fully saturated rings. The first-order valence-electron chi connectivity index (χ1n) is 5.39. The van der Waals surface area contributed by atoms with E-state index in [1.54, 1.807) is 6.92 Å². The van der Waals surface area contributed by atoms with Gasteiger partial charge in [-0.25, -0.2) is 4.98 Å². The third-order valence-corrected chi connectivity index (χ3v) is 2.15. The van der Waals surface area contributed by atoms with Crippen LogP contribution in [-0.2, 0) is 6.42 Å². The summed E-state index contributed by atoms with van der Waals surface area (Å²) in [5.41, 5.74) is 5.54. The van der Waals surface area contributed by atoms with Crippen molar-refractivity contribution in [2.45, 2.75) is 13.3 Å². The number of rotatable bonds is 4. The van der Waals surface area contributed by atoms with E-state index in [4.69, 9.17) is 10.5 Å².